The van der Waals surface area contributed by atoms with Crippen molar-refractivity contribution < 1.29 is 13.9 Å². The van der Waals surface area contributed by atoms with Crippen molar-refractivity contribution in [2.75, 3.05) is 18.9 Å². The number of ether oxygens (including phenoxy) is 1. The fraction of sp³-hybridized carbons (Fsp3) is 0.235. The lowest BCUT2D eigenvalue weighted by atomic mass is 10.2. The molecule has 0 bridgehead atoms. The standard InChI is InChI=1S/C17H15ClFNO2S/c18-13-4-6-15(7-5-13)22-11-16(21)20-8-9-23-17(20)12-2-1-3-14(19)10-12/h1-7,10,17H,8-9,11H2. The Morgan fingerprint density at radius 3 is 2.83 bits per heavy atom. The zero-order chi connectivity index (χ0) is 16.2. The van der Waals surface area contributed by atoms with E-state index < -0.39 is 0 Å². The second kappa shape index (κ2) is 7.23. The van der Waals surface area contributed by atoms with E-state index in [4.69, 9.17) is 16.3 Å². The maximum absolute atomic E-state index is 13.4. The number of hydrogen-bond acceptors (Lipinski definition) is 3. The van der Waals surface area contributed by atoms with E-state index in [2.05, 4.69) is 0 Å². The minimum Gasteiger partial charge on any atom is -0.484 e. The van der Waals surface area contributed by atoms with E-state index in [0.717, 1.165) is 11.3 Å². The molecule has 0 saturated carbocycles. The van der Waals surface area contributed by atoms with Crippen LogP contribution in [-0.4, -0.2) is 29.7 Å². The van der Waals surface area contributed by atoms with E-state index in [1.54, 1.807) is 47.0 Å². The molecule has 1 fully saturated rings. The average molecular weight is 352 g/mol. The van der Waals surface area contributed by atoms with E-state index in [0.29, 0.717) is 17.3 Å². The molecule has 1 aliphatic rings. The lowest BCUT2D eigenvalue weighted by molar-refractivity contribution is -0.133. The van der Waals surface area contributed by atoms with Crippen LogP contribution in [0.2, 0.25) is 5.02 Å². The van der Waals surface area contributed by atoms with Crippen molar-refractivity contribution >= 4 is 29.3 Å². The molecule has 0 spiro atoms. The lowest BCUT2D eigenvalue weighted by Crippen LogP contribution is -2.34. The van der Waals surface area contributed by atoms with Crippen LogP contribution in [0.1, 0.15) is 10.9 Å². The first-order chi connectivity index (χ1) is 11.1. The summed E-state index contributed by atoms with van der Waals surface area (Å²) < 4.78 is 18.9. The summed E-state index contributed by atoms with van der Waals surface area (Å²) in [5.41, 5.74) is 0.798. The lowest BCUT2D eigenvalue weighted by Gasteiger charge is -2.24. The maximum atomic E-state index is 13.4. The van der Waals surface area contributed by atoms with Crippen LogP contribution < -0.4 is 4.74 Å². The van der Waals surface area contributed by atoms with E-state index in [-0.39, 0.29) is 23.7 Å². The van der Waals surface area contributed by atoms with E-state index in [1.807, 2.05) is 6.07 Å². The van der Waals surface area contributed by atoms with Crippen LogP contribution >= 0.6 is 23.4 Å². The van der Waals surface area contributed by atoms with Crippen molar-refractivity contribution in [3.8, 4) is 5.75 Å². The highest BCUT2D eigenvalue weighted by atomic mass is 35.5. The first-order valence-electron chi connectivity index (χ1n) is 7.18. The maximum Gasteiger partial charge on any atom is 0.261 e. The highest BCUT2D eigenvalue weighted by Crippen LogP contribution is 2.38. The Balaban J connectivity index is 1.65. The van der Waals surface area contributed by atoms with Gasteiger partial charge in [0.2, 0.25) is 0 Å². The zero-order valence-electron chi connectivity index (χ0n) is 12.2. The number of thioether (sulfide) groups is 1. The van der Waals surface area contributed by atoms with Gasteiger partial charge >= 0.3 is 0 Å². The molecule has 1 aliphatic heterocycles. The van der Waals surface area contributed by atoms with Gasteiger partial charge in [0, 0.05) is 17.3 Å². The van der Waals surface area contributed by atoms with Gasteiger partial charge in [-0.2, -0.15) is 0 Å². The number of halogens is 2. The van der Waals surface area contributed by atoms with Crippen molar-refractivity contribution in [1.29, 1.82) is 0 Å². The molecule has 2 aromatic carbocycles. The molecule has 0 N–H and O–H groups in total. The van der Waals surface area contributed by atoms with Crippen molar-refractivity contribution in [2.45, 2.75) is 5.37 Å². The van der Waals surface area contributed by atoms with Gasteiger partial charge in [0.15, 0.2) is 6.61 Å². The van der Waals surface area contributed by atoms with Crippen LogP contribution in [0.25, 0.3) is 0 Å². The molecule has 0 aliphatic carbocycles. The predicted molar refractivity (Wildman–Crippen MR) is 90.3 cm³/mol. The van der Waals surface area contributed by atoms with Gasteiger partial charge < -0.3 is 9.64 Å². The second-order valence-electron chi connectivity index (χ2n) is 5.11. The number of nitrogens with zero attached hydrogens (tertiary/aromatic N) is 1. The molecule has 3 rings (SSSR count). The molecular formula is C17H15ClFNO2S. The highest BCUT2D eigenvalue weighted by molar-refractivity contribution is 7.99. The molecule has 120 valence electrons. The second-order valence-corrected chi connectivity index (χ2v) is 6.73. The third-order valence-electron chi connectivity index (χ3n) is 3.52. The third-order valence-corrected chi connectivity index (χ3v) is 5.03. The van der Waals surface area contributed by atoms with Crippen LogP contribution in [-0.2, 0) is 4.79 Å². The monoisotopic (exact) mass is 351 g/mol. The molecule has 0 radical (unpaired) electrons. The number of benzene rings is 2. The Morgan fingerprint density at radius 2 is 2.09 bits per heavy atom. The van der Waals surface area contributed by atoms with Gasteiger partial charge in [-0.05, 0) is 42.0 Å². The van der Waals surface area contributed by atoms with Crippen LogP contribution in [0.4, 0.5) is 4.39 Å². The smallest absolute Gasteiger partial charge is 0.261 e. The number of carbonyl (C=O) groups is 1. The summed E-state index contributed by atoms with van der Waals surface area (Å²) in [4.78, 5) is 14.2. The summed E-state index contributed by atoms with van der Waals surface area (Å²) >= 11 is 7.44. The average Bonchev–Trinajstić information content (AvgIpc) is 3.04. The number of hydrogen-bond donors (Lipinski definition) is 0. The highest BCUT2D eigenvalue weighted by Gasteiger charge is 2.30. The molecule has 1 atom stereocenters. The van der Waals surface area contributed by atoms with Gasteiger partial charge in [0.1, 0.15) is 16.9 Å². The summed E-state index contributed by atoms with van der Waals surface area (Å²) in [5.74, 6) is 1.02. The van der Waals surface area contributed by atoms with Crippen molar-refractivity contribution in [1.82, 2.24) is 4.90 Å². The first-order valence-corrected chi connectivity index (χ1v) is 8.61. The van der Waals surface area contributed by atoms with Crippen LogP contribution in [0.3, 0.4) is 0 Å². The number of amides is 1. The van der Waals surface area contributed by atoms with Crippen molar-refractivity contribution in [2.24, 2.45) is 0 Å². The van der Waals surface area contributed by atoms with Crippen molar-refractivity contribution in [3.63, 3.8) is 0 Å². The minimum absolute atomic E-state index is 0.0476. The molecular weight excluding hydrogens is 337 g/mol. The van der Waals surface area contributed by atoms with Gasteiger partial charge in [-0.15, -0.1) is 11.8 Å². The molecule has 1 amide bonds. The molecule has 0 aromatic heterocycles. The summed E-state index contributed by atoms with van der Waals surface area (Å²) in [7, 11) is 0. The van der Waals surface area contributed by atoms with E-state index >= 15 is 0 Å². The molecule has 1 saturated heterocycles. The molecule has 23 heavy (non-hydrogen) atoms. The van der Waals surface area contributed by atoms with Crippen LogP contribution in [0.5, 0.6) is 5.75 Å². The number of rotatable bonds is 4. The summed E-state index contributed by atoms with van der Waals surface area (Å²) in [6.07, 6.45) is 0. The SMILES string of the molecule is O=C(COc1ccc(Cl)cc1)N1CCSC1c1cccc(F)c1. The molecule has 2 aromatic rings. The van der Waals surface area contributed by atoms with Gasteiger partial charge in [-0.25, -0.2) is 4.39 Å². The Morgan fingerprint density at radius 1 is 1.30 bits per heavy atom. The van der Waals surface area contributed by atoms with E-state index in [9.17, 15) is 9.18 Å². The Labute approximate surface area is 143 Å². The normalized spacial score (nSPS) is 17.3. The summed E-state index contributed by atoms with van der Waals surface area (Å²) in [6.45, 7) is 0.586. The minimum atomic E-state index is -0.292. The fourth-order valence-electron chi connectivity index (χ4n) is 2.42. The quantitative estimate of drug-likeness (QED) is 0.829. The fourth-order valence-corrected chi connectivity index (χ4v) is 3.81. The Hall–Kier alpha value is -1.72. The Bertz CT molecular complexity index is 695. The molecule has 3 nitrogen and oxygen atoms in total. The van der Waals surface area contributed by atoms with E-state index in [1.165, 1.54) is 12.1 Å². The number of carbonyl (C=O) groups excluding carboxylic acids is 1. The summed E-state index contributed by atoms with van der Waals surface area (Å²) in [6, 6.07) is 13.2. The van der Waals surface area contributed by atoms with Crippen molar-refractivity contribution in [3.05, 3.63) is 64.9 Å². The van der Waals surface area contributed by atoms with Crippen LogP contribution in [0.15, 0.2) is 48.5 Å². The Kier molecular flexibility index (Phi) is 5.08. The van der Waals surface area contributed by atoms with Gasteiger partial charge in [-0.3, -0.25) is 4.79 Å². The molecule has 1 unspecified atom stereocenters. The molecule has 6 heteroatoms. The largest absolute Gasteiger partial charge is 0.484 e. The van der Waals surface area contributed by atoms with Crippen LogP contribution in [0, 0.1) is 5.82 Å². The molecule has 1 heterocycles. The van der Waals surface area contributed by atoms with Gasteiger partial charge in [0.25, 0.3) is 5.91 Å². The van der Waals surface area contributed by atoms with Gasteiger partial charge in [0.05, 0.1) is 0 Å². The third kappa shape index (κ3) is 3.98. The van der Waals surface area contributed by atoms with Gasteiger partial charge in [-0.1, -0.05) is 23.7 Å². The predicted octanol–water partition coefficient (Wildman–Crippen LogP) is 4.13. The topological polar surface area (TPSA) is 29.5 Å². The zero-order valence-corrected chi connectivity index (χ0v) is 13.8. The first kappa shape index (κ1) is 16.1. The summed E-state index contributed by atoms with van der Waals surface area (Å²) in [5, 5.41) is 0.456.